The average molecular weight is 377 g/mol. The summed E-state index contributed by atoms with van der Waals surface area (Å²) in [4.78, 5) is 18.9. The summed E-state index contributed by atoms with van der Waals surface area (Å²) in [6.07, 6.45) is 1.35. The molecule has 4 rings (SSSR count). The van der Waals surface area contributed by atoms with Crippen LogP contribution in [-0.4, -0.2) is 29.2 Å². The van der Waals surface area contributed by atoms with Gasteiger partial charge in [-0.3, -0.25) is 4.79 Å². The number of hydrogen-bond donors (Lipinski definition) is 0. The molecule has 0 bridgehead atoms. The van der Waals surface area contributed by atoms with Crippen molar-refractivity contribution in [2.45, 2.75) is 32.6 Å². The van der Waals surface area contributed by atoms with Crippen molar-refractivity contribution in [1.29, 1.82) is 0 Å². The van der Waals surface area contributed by atoms with Gasteiger partial charge in [0.1, 0.15) is 5.75 Å². The molecule has 3 aromatic rings. The number of nitrogens with zero attached hydrogens (tertiary/aromatic N) is 3. The minimum Gasteiger partial charge on any atom is -0.494 e. The zero-order chi connectivity index (χ0) is 19.5. The fourth-order valence-electron chi connectivity index (χ4n) is 3.44. The van der Waals surface area contributed by atoms with Gasteiger partial charge in [-0.05, 0) is 43.2 Å². The normalized spacial score (nSPS) is 16.6. The van der Waals surface area contributed by atoms with Gasteiger partial charge >= 0.3 is 0 Å². The highest BCUT2D eigenvalue weighted by Crippen LogP contribution is 2.32. The molecule has 6 heteroatoms. The number of hydrogen-bond acceptors (Lipinski definition) is 5. The number of ether oxygens (including phenoxy) is 1. The molecular weight excluding hydrogens is 354 g/mol. The number of carbonyl (C=O) groups excluding carboxylic acids is 1. The van der Waals surface area contributed by atoms with E-state index in [1.54, 1.807) is 4.90 Å². The van der Waals surface area contributed by atoms with E-state index in [1.807, 2.05) is 43.3 Å². The molecule has 2 heterocycles. The highest BCUT2D eigenvalue weighted by Gasteiger charge is 2.35. The Balaban J connectivity index is 1.51. The molecule has 1 aliphatic rings. The number of aromatic nitrogens is 2. The lowest BCUT2D eigenvalue weighted by Gasteiger charge is -2.16. The molecule has 1 amide bonds. The third-order valence-electron chi connectivity index (χ3n) is 4.98. The van der Waals surface area contributed by atoms with Gasteiger partial charge in [0.15, 0.2) is 0 Å². The minimum atomic E-state index is -0.102. The minimum absolute atomic E-state index is 0.0762. The fraction of sp³-hybridized carbons (Fsp3) is 0.318. The second-order valence-corrected chi connectivity index (χ2v) is 6.84. The molecule has 0 aliphatic carbocycles. The van der Waals surface area contributed by atoms with E-state index in [0.29, 0.717) is 31.3 Å². The van der Waals surface area contributed by atoms with Crippen LogP contribution in [0.3, 0.4) is 0 Å². The molecule has 144 valence electrons. The summed E-state index contributed by atoms with van der Waals surface area (Å²) in [5.41, 5.74) is 2.99. The van der Waals surface area contributed by atoms with Crippen molar-refractivity contribution >= 4 is 11.6 Å². The lowest BCUT2D eigenvalue weighted by atomic mass is 10.1. The summed E-state index contributed by atoms with van der Waals surface area (Å²) in [7, 11) is 0. The third kappa shape index (κ3) is 3.63. The number of carbonyl (C=O) groups is 1. The second kappa shape index (κ2) is 7.84. The first-order chi connectivity index (χ1) is 13.7. The van der Waals surface area contributed by atoms with Crippen LogP contribution in [0.25, 0.3) is 11.4 Å². The van der Waals surface area contributed by atoms with Crippen molar-refractivity contribution in [2.24, 2.45) is 0 Å². The van der Waals surface area contributed by atoms with E-state index in [0.717, 1.165) is 23.4 Å². The molecule has 1 aromatic heterocycles. The number of benzene rings is 2. The fourth-order valence-corrected chi connectivity index (χ4v) is 3.44. The van der Waals surface area contributed by atoms with Crippen LogP contribution in [0, 0.1) is 0 Å². The van der Waals surface area contributed by atoms with Gasteiger partial charge in [-0.2, -0.15) is 4.98 Å². The maximum atomic E-state index is 12.5. The molecule has 1 aliphatic heterocycles. The Kier molecular flexibility index (Phi) is 5.10. The zero-order valence-corrected chi connectivity index (χ0v) is 16.1. The van der Waals surface area contributed by atoms with Crippen molar-refractivity contribution < 1.29 is 14.1 Å². The van der Waals surface area contributed by atoms with E-state index >= 15 is 0 Å². The molecule has 1 saturated heterocycles. The van der Waals surface area contributed by atoms with Crippen LogP contribution in [0.5, 0.6) is 5.75 Å². The number of anilines is 1. The SMILES string of the molecule is CCOc1cccc(-c2noc(C3CC(=O)N(c4ccc(CC)cc4)C3)n2)c1. The van der Waals surface area contributed by atoms with Crippen molar-refractivity contribution in [2.75, 3.05) is 18.1 Å². The summed E-state index contributed by atoms with van der Waals surface area (Å²) < 4.78 is 11.0. The molecule has 0 radical (unpaired) electrons. The summed E-state index contributed by atoms with van der Waals surface area (Å²) in [5.74, 6) is 1.75. The molecule has 1 fully saturated rings. The van der Waals surface area contributed by atoms with Gasteiger partial charge < -0.3 is 14.2 Å². The molecule has 0 spiro atoms. The molecule has 0 N–H and O–H groups in total. The Morgan fingerprint density at radius 3 is 2.75 bits per heavy atom. The quantitative estimate of drug-likeness (QED) is 0.643. The van der Waals surface area contributed by atoms with Gasteiger partial charge in [-0.1, -0.05) is 36.3 Å². The number of amides is 1. The highest BCUT2D eigenvalue weighted by molar-refractivity contribution is 5.96. The first-order valence-electron chi connectivity index (χ1n) is 9.64. The van der Waals surface area contributed by atoms with Gasteiger partial charge in [-0.15, -0.1) is 0 Å². The van der Waals surface area contributed by atoms with Crippen molar-refractivity contribution in [3.63, 3.8) is 0 Å². The first kappa shape index (κ1) is 18.2. The van der Waals surface area contributed by atoms with Crippen molar-refractivity contribution in [3.8, 4) is 17.1 Å². The predicted octanol–water partition coefficient (Wildman–Crippen LogP) is 4.22. The number of aryl methyl sites for hydroxylation is 1. The Morgan fingerprint density at radius 2 is 2.00 bits per heavy atom. The summed E-state index contributed by atoms with van der Waals surface area (Å²) in [6, 6.07) is 15.7. The van der Waals surface area contributed by atoms with Crippen LogP contribution in [-0.2, 0) is 11.2 Å². The molecular formula is C22H23N3O3. The lowest BCUT2D eigenvalue weighted by Crippen LogP contribution is -2.24. The van der Waals surface area contributed by atoms with E-state index < -0.39 is 0 Å². The predicted molar refractivity (Wildman–Crippen MR) is 106 cm³/mol. The van der Waals surface area contributed by atoms with Gasteiger partial charge in [0.05, 0.1) is 12.5 Å². The molecule has 2 aromatic carbocycles. The average Bonchev–Trinajstić information content (AvgIpc) is 3.36. The van der Waals surface area contributed by atoms with Crippen molar-refractivity contribution in [3.05, 3.63) is 60.0 Å². The van der Waals surface area contributed by atoms with E-state index in [4.69, 9.17) is 9.26 Å². The Bertz CT molecular complexity index is 965. The summed E-state index contributed by atoms with van der Waals surface area (Å²) in [5, 5.41) is 4.11. The summed E-state index contributed by atoms with van der Waals surface area (Å²) >= 11 is 0. The largest absolute Gasteiger partial charge is 0.494 e. The van der Waals surface area contributed by atoms with Gasteiger partial charge in [0.25, 0.3) is 0 Å². The molecule has 0 saturated carbocycles. The smallest absolute Gasteiger partial charge is 0.232 e. The van der Waals surface area contributed by atoms with Crippen molar-refractivity contribution in [1.82, 2.24) is 10.1 Å². The molecule has 1 atom stereocenters. The third-order valence-corrected chi connectivity index (χ3v) is 4.98. The molecule has 1 unspecified atom stereocenters. The van der Waals surface area contributed by atoms with E-state index in [1.165, 1.54) is 5.56 Å². The molecule has 28 heavy (non-hydrogen) atoms. The summed E-state index contributed by atoms with van der Waals surface area (Å²) in [6.45, 7) is 5.20. The van der Waals surface area contributed by atoms with Crippen LogP contribution in [0.1, 0.15) is 37.6 Å². The monoisotopic (exact) mass is 377 g/mol. The van der Waals surface area contributed by atoms with E-state index in [9.17, 15) is 4.79 Å². The van der Waals surface area contributed by atoms with Crippen LogP contribution in [0.4, 0.5) is 5.69 Å². The standard InChI is InChI=1S/C22H23N3O3/c1-3-15-8-10-18(11-9-15)25-14-17(13-20(25)26)22-23-21(24-28-22)16-6-5-7-19(12-16)27-4-2/h5-12,17H,3-4,13-14H2,1-2H3. The van der Waals surface area contributed by atoms with Gasteiger partial charge in [0.2, 0.25) is 17.6 Å². The van der Waals surface area contributed by atoms with Crippen LogP contribution in [0.2, 0.25) is 0 Å². The topological polar surface area (TPSA) is 68.5 Å². The highest BCUT2D eigenvalue weighted by atomic mass is 16.5. The van der Waals surface area contributed by atoms with Gasteiger partial charge in [-0.25, -0.2) is 0 Å². The zero-order valence-electron chi connectivity index (χ0n) is 16.1. The Morgan fingerprint density at radius 1 is 1.18 bits per heavy atom. The van der Waals surface area contributed by atoms with Gasteiger partial charge in [0, 0.05) is 24.2 Å². The molecule has 6 nitrogen and oxygen atoms in total. The maximum absolute atomic E-state index is 12.5. The van der Waals surface area contributed by atoms with Crippen LogP contribution < -0.4 is 9.64 Å². The Labute approximate surface area is 164 Å². The van der Waals surface area contributed by atoms with E-state index in [2.05, 4.69) is 29.2 Å². The maximum Gasteiger partial charge on any atom is 0.232 e. The number of rotatable bonds is 6. The lowest BCUT2D eigenvalue weighted by molar-refractivity contribution is -0.117. The van der Waals surface area contributed by atoms with Crippen LogP contribution >= 0.6 is 0 Å². The van der Waals surface area contributed by atoms with E-state index in [-0.39, 0.29) is 11.8 Å². The first-order valence-corrected chi connectivity index (χ1v) is 9.64. The Hall–Kier alpha value is -3.15. The second-order valence-electron chi connectivity index (χ2n) is 6.84. The van der Waals surface area contributed by atoms with Crippen LogP contribution in [0.15, 0.2) is 53.1 Å².